The van der Waals surface area contributed by atoms with Crippen molar-refractivity contribution in [2.45, 2.75) is 6.92 Å². The van der Waals surface area contributed by atoms with E-state index in [9.17, 15) is 9.59 Å². The van der Waals surface area contributed by atoms with Gasteiger partial charge in [-0.25, -0.2) is 9.59 Å². The summed E-state index contributed by atoms with van der Waals surface area (Å²) in [6.07, 6.45) is 1.52. The van der Waals surface area contributed by atoms with Gasteiger partial charge in [-0.15, -0.1) is 0 Å². The molecule has 0 bridgehead atoms. The fraction of sp³-hybridized carbons (Fsp3) is 0.0769. The molecule has 1 heterocycles. The lowest BCUT2D eigenvalue weighted by atomic mass is 10.1. The van der Waals surface area contributed by atoms with Gasteiger partial charge in [0.05, 0.1) is 0 Å². The molecule has 1 aromatic carbocycles. The van der Waals surface area contributed by atoms with Crippen molar-refractivity contribution >= 4 is 23.0 Å². The van der Waals surface area contributed by atoms with Crippen LogP contribution in [0.15, 0.2) is 45.1 Å². The molecule has 86 valence electrons. The molecule has 4 nitrogen and oxygen atoms in total. The molecule has 0 unspecified atom stereocenters. The fourth-order valence-corrected chi connectivity index (χ4v) is 1.48. The Labute approximate surface area is 96.8 Å². The third kappa shape index (κ3) is 2.42. The second kappa shape index (κ2) is 4.25. The maximum atomic E-state index is 11.0. The SMILES string of the molecule is CC(=Cc1ccc2ccc(=O)oc2c1)C(=O)O. The predicted octanol–water partition coefficient (Wildman–Crippen LogP) is 2.28. The van der Waals surface area contributed by atoms with E-state index in [1.807, 2.05) is 0 Å². The van der Waals surface area contributed by atoms with E-state index in [4.69, 9.17) is 9.52 Å². The highest BCUT2D eigenvalue weighted by molar-refractivity contribution is 5.92. The summed E-state index contributed by atoms with van der Waals surface area (Å²) in [6.45, 7) is 1.51. The number of fused-ring (bicyclic) bond motifs is 1. The largest absolute Gasteiger partial charge is 0.478 e. The van der Waals surface area contributed by atoms with Crippen LogP contribution in [-0.2, 0) is 4.79 Å². The van der Waals surface area contributed by atoms with Crippen molar-refractivity contribution in [1.82, 2.24) is 0 Å². The molecule has 4 heteroatoms. The summed E-state index contributed by atoms with van der Waals surface area (Å²) >= 11 is 0. The van der Waals surface area contributed by atoms with Crippen LogP contribution in [0.3, 0.4) is 0 Å². The van der Waals surface area contributed by atoms with Crippen molar-refractivity contribution in [1.29, 1.82) is 0 Å². The predicted molar refractivity (Wildman–Crippen MR) is 63.8 cm³/mol. The number of carboxylic acids is 1. The summed E-state index contributed by atoms with van der Waals surface area (Å²) in [7, 11) is 0. The Bertz CT molecular complexity index is 664. The minimum atomic E-state index is -0.973. The number of aliphatic carboxylic acids is 1. The van der Waals surface area contributed by atoms with Crippen LogP contribution in [0.4, 0.5) is 0 Å². The van der Waals surface area contributed by atoms with Crippen LogP contribution in [0.5, 0.6) is 0 Å². The van der Waals surface area contributed by atoms with Crippen molar-refractivity contribution in [3.63, 3.8) is 0 Å². The Kier molecular flexibility index (Phi) is 2.78. The van der Waals surface area contributed by atoms with E-state index in [-0.39, 0.29) is 5.57 Å². The number of benzene rings is 1. The molecule has 0 aliphatic carbocycles. The highest BCUT2D eigenvalue weighted by Gasteiger charge is 2.02. The van der Waals surface area contributed by atoms with Gasteiger partial charge in [-0.1, -0.05) is 12.1 Å². The van der Waals surface area contributed by atoms with Gasteiger partial charge >= 0.3 is 11.6 Å². The minimum absolute atomic E-state index is 0.225. The number of carboxylic acid groups (broad SMARTS) is 1. The van der Waals surface area contributed by atoms with Gasteiger partial charge in [0.2, 0.25) is 0 Å². The second-order valence-corrected chi connectivity index (χ2v) is 3.68. The Hall–Kier alpha value is -2.36. The first-order valence-corrected chi connectivity index (χ1v) is 5.02. The molecule has 0 radical (unpaired) electrons. The number of carbonyl (C=O) groups is 1. The molecular formula is C13H10O4. The normalized spacial score (nSPS) is 11.7. The molecule has 1 aromatic heterocycles. The van der Waals surface area contributed by atoms with Gasteiger partial charge in [0.25, 0.3) is 0 Å². The Morgan fingerprint density at radius 3 is 2.71 bits per heavy atom. The number of rotatable bonds is 2. The summed E-state index contributed by atoms with van der Waals surface area (Å²) in [4.78, 5) is 21.7. The van der Waals surface area contributed by atoms with Crippen LogP contribution < -0.4 is 5.63 Å². The van der Waals surface area contributed by atoms with E-state index < -0.39 is 11.6 Å². The third-order valence-corrected chi connectivity index (χ3v) is 2.37. The minimum Gasteiger partial charge on any atom is -0.478 e. The van der Waals surface area contributed by atoms with Gasteiger partial charge in [-0.2, -0.15) is 0 Å². The molecule has 0 aliphatic heterocycles. The van der Waals surface area contributed by atoms with E-state index in [1.54, 1.807) is 24.3 Å². The summed E-state index contributed by atoms with van der Waals surface area (Å²) in [5.41, 5.74) is 0.937. The zero-order chi connectivity index (χ0) is 12.4. The first kappa shape index (κ1) is 11.1. The highest BCUT2D eigenvalue weighted by Crippen LogP contribution is 2.16. The zero-order valence-electron chi connectivity index (χ0n) is 9.14. The molecule has 0 fully saturated rings. The number of hydrogen-bond donors (Lipinski definition) is 1. The first-order chi connectivity index (χ1) is 8.06. The molecular weight excluding hydrogens is 220 g/mol. The maximum absolute atomic E-state index is 11.0. The molecule has 0 amide bonds. The standard InChI is InChI=1S/C13H10O4/c1-8(13(15)16)6-9-2-3-10-4-5-12(14)17-11(10)7-9/h2-7H,1H3,(H,15,16). The van der Waals surface area contributed by atoms with Crippen LogP contribution in [0.1, 0.15) is 12.5 Å². The summed E-state index contributed by atoms with van der Waals surface area (Å²) in [5.74, 6) is -0.973. The summed E-state index contributed by atoms with van der Waals surface area (Å²) < 4.78 is 5.01. The van der Waals surface area contributed by atoms with Crippen molar-refractivity contribution in [2.75, 3.05) is 0 Å². The molecule has 0 atom stereocenters. The third-order valence-electron chi connectivity index (χ3n) is 2.37. The molecule has 2 rings (SSSR count). The van der Waals surface area contributed by atoms with Gasteiger partial charge in [0, 0.05) is 17.0 Å². The quantitative estimate of drug-likeness (QED) is 0.634. The highest BCUT2D eigenvalue weighted by atomic mass is 16.4. The Morgan fingerprint density at radius 1 is 1.29 bits per heavy atom. The first-order valence-electron chi connectivity index (χ1n) is 5.02. The van der Waals surface area contributed by atoms with Gasteiger partial charge in [-0.3, -0.25) is 0 Å². The average Bonchev–Trinajstić information content (AvgIpc) is 2.28. The van der Waals surface area contributed by atoms with Crippen molar-refractivity contribution in [3.05, 3.63) is 51.9 Å². The lowest BCUT2D eigenvalue weighted by Gasteiger charge is -1.99. The van der Waals surface area contributed by atoms with Crippen molar-refractivity contribution in [3.8, 4) is 0 Å². The Morgan fingerprint density at radius 2 is 2.00 bits per heavy atom. The fourth-order valence-electron chi connectivity index (χ4n) is 1.48. The van der Waals surface area contributed by atoms with Crippen LogP contribution in [0.2, 0.25) is 0 Å². The Balaban J connectivity index is 2.54. The summed E-state index contributed by atoms with van der Waals surface area (Å²) in [6, 6.07) is 8.20. The lowest BCUT2D eigenvalue weighted by molar-refractivity contribution is -0.132. The van der Waals surface area contributed by atoms with Crippen molar-refractivity contribution < 1.29 is 14.3 Å². The maximum Gasteiger partial charge on any atom is 0.336 e. The molecule has 2 aromatic rings. The second-order valence-electron chi connectivity index (χ2n) is 3.68. The van der Waals surface area contributed by atoms with Crippen molar-refractivity contribution in [2.24, 2.45) is 0 Å². The van der Waals surface area contributed by atoms with E-state index in [2.05, 4.69) is 0 Å². The van der Waals surface area contributed by atoms with Crippen LogP contribution in [-0.4, -0.2) is 11.1 Å². The zero-order valence-corrected chi connectivity index (χ0v) is 9.14. The topological polar surface area (TPSA) is 67.5 Å². The van der Waals surface area contributed by atoms with Crippen LogP contribution in [0, 0.1) is 0 Å². The van der Waals surface area contributed by atoms with E-state index in [0.717, 1.165) is 5.39 Å². The molecule has 17 heavy (non-hydrogen) atoms. The van der Waals surface area contributed by atoms with E-state index in [0.29, 0.717) is 11.1 Å². The molecule has 1 N–H and O–H groups in total. The molecule has 0 saturated carbocycles. The average molecular weight is 230 g/mol. The molecule has 0 spiro atoms. The smallest absolute Gasteiger partial charge is 0.336 e. The number of hydrogen-bond acceptors (Lipinski definition) is 3. The molecule has 0 aliphatic rings. The van der Waals surface area contributed by atoms with E-state index in [1.165, 1.54) is 19.1 Å². The van der Waals surface area contributed by atoms with Gasteiger partial charge < -0.3 is 9.52 Å². The van der Waals surface area contributed by atoms with Crippen LogP contribution in [0.25, 0.3) is 17.0 Å². The lowest BCUT2D eigenvalue weighted by Crippen LogP contribution is -1.96. The summed E-state index contributed by atoms with van der Waals surface area (Å²) in [5, 5.41) is 9.56. The van der Waals surface area contributed by atoms with Gasteiger partial charge in [-0.05, 0) is 30.7 Å². The van der Waals surface area contributed by atoms with Crippen LogP contribution >= 0.6 is 0 Å². The van der Waals surface area contributed by atoms with Gasteiger partial charge in [0.1, 0.15) is 5.58 Å². The van der Waals surface area contributed by atoms with E-state index >= 15 is 0 Å². The van der Waals surface area contributed by atoms with Gasteiger partial charge in [0.15, 0.2) is 0 Å². The molecule has 0 saturated heterocycles. The monoisotopic (exact) mass is 230 g/mol.